The fourth-order valence-electron chi connectivity index (χ4n) is 8.94. The number of rotatable bonds is 3. The molecule has 4 nitrogen and oxygen atoms in total. The molecule has 4 aromatic heterocycles. The number of aromatic nitrogens is 2. The number of nitriles is 2. The third-order valence-electron chi connectivity index (χ3n) is 11.4. The Labute approximate surface area is 328 Å². The van der Waals surface area contributed by atoms with Crippen molar-refractivity contribution >= 4 is 107 Å². The molecule has 0 unspecified atom stereocenters. The zero-order chi connectivity index (χ0) is 37.1. The number of thiophene rings is 2. The average Bonchev–Trinajstić information content (AvgIpc) is 4.00. The molecule has 0 aliphatic rings. The van der Waals surface area contributed by atoms with Crippen LogP contribution in [-0.2, 0) is 0 Å². The Morgan fingerprint density at radius 1 is 0.375 bits per heavy atom. The van der Waals surface area contributed by atoms with Crippen LogP contribution in [0.2, 0.25) is 0 Å². The standard InChI is InChI=1S/C50H26N4S2/c51-27-31-23-29(17-20-40(31)53-43-14-6-2-12-37(43)49-44(53)22-19-36-34-10-3-8-16-47(34)56-50(36)49)30-18-21-41(32(24-30)28-52)54-42-13-5-1-9-33(42)38-26-48-39(25-45(38)54)35-11-4-7-15-46(35)55-48/h1-26H. The van der Waals surface area contributed by atoms with E-state index in [0.29, 0.717) is 11.1 Å². The van der Waals surface area contributed by atoms with Crippen molar-refractivity contribution in [3.8, 4) is 34.6 Å². The minimum atomic E-state index is 0.567. The van der Waals surface area contributed by atoms with Crippen LogP contribution in [0.25, 0.3) is 106 Å². The van der Waals surface area contributed by atoms with Crippen molar-refractivity contribution in [2.75, 3.05) is 0 Å². The van der Waals surface area contributed by atoms with Crippen LogP contribution < -0.4 is 0 Å². The number of fused-ring (bicyclic) bond motifs is 13. The lowest BCUT2D eigenvalue weighted by atomic mass is 9.99. The first-order chi connectivity index (χ1) is 27.7. The topological polar surface area (TPSA) is 57.4 Å². The number of hydrogen-bond donors (Lipinski definition) is 0. The number of para-hydroxylation sites is 2. The van der Waals surface area contributed by atoms with Crippen LogP contribution in [0.3, 0.4) is 0 Å². The van der Waals surface area contributed by atoms with Crippen LogP contribution in [0.1, 0.15) is 11.1 Å². The predicted molar refractivity (Wildman–Crippen MR) is 236 cm³/mol. The molecule has 0 amide bonds. The molecular formula is C50H26N4S2. The van der Waals surface area contributed by atoms with Gasteiger partial charge < -0.3 is 9.13 Å². The highest BCUT2D eigenvalue weighted by Gasteiger charge is 2.21. The highest BCUT2D eigenvalue weighted by atomic mass is 32.1. The van der Waals surface area contributed by atoms with E-state index in [-0.39, 0.29) is 0 Å². The molecule has 0 aliphatic heterocycles. The highest BCUT2D eigenvalue weighted by molar-refractivity contribution is 7.27. The van der Waals surface area contributed by atoms with Gasteiger partial charge in [-0.05, 0) is 77.9 Å². The normalized spacial score (nSPS) is 11.9. The molecule has 4 heterocycles. The second-order valence-electron chi connectivity index (χ2n) is 14.3. The fraction of sp³-hybridized carbons (Fsp3) is 0. The van der Waals surface area contributed by atoms with Crippen LogP contribution in [-0.4, -0.2) is 9.13 Å². The zero-order valence-electron chi connectivity index (χ0n) is 29.6. The first-order valence-electron chi connectivity index (χ1n) is 18.5. The lowest BCUT2D eigenvalue weighted by molar-refractivity contribution is 1.16. The Kier molecular flexibility index (Phi) is 6.48. The van der Waals surface area contributed by atoms with E-state index in [2.05, 4.69) is 167 Å². The first-order valence-corrected chi connectivity index (χ1v) is 20.1. The van der Waals surface area contributed by atoms with E-state index in [1.165, 1.54) is 56.5 Å². The minimum Gasteiger partial charge on any atom is -0.308 e. The Hall–Kier alpha value is -7.22. The van der Waals surface area contributed by atoms with Crippen LogP contribution in [0.5, 0.6) is 0 Å². The van der Waals surface area contributed by atoms with Crippen molar-refractivity contribution in [2.24, 2.45) is 0 Å². The molecule has 8 aromatic carbocycles. The van der Waals surface area contributed by atoms with Gasteiger partial charge in [0.15, 0.2) is 0 Å². The van der Waals surface area contributed by atoms with Crippen LogP contribution >= 0.6 is 22.7 Å². The van der Waals surface area contributed by atoms with Gasteiger partial charge in [-0.3, -0.25) is 0 Å². The van der Waals surface area contributed by atoms with E-state index in [0.717, 1.165) is 50.0 Å². The molecule has 0 saturated heterocycles. The second-order valence-corrected chi connectivity index (χ2v) is 16.4. The predicted octanol–water partition coefficient (Wildman–Crippen LogP) is 14.0. The smallest absolute Gasteiger partial charge is 0.101 e. The molecule has 0 atom stereocenters. The van der Waals surface area contributed by atoms with Gasteiger partial charge in [-0.25, -0.2) is 0 Å². The number of nitrogens with zero attached hydrogens (tertiary/aromatic N) is 4. The molecule has 56 heavy (non-hydrogen) atoms. The third kappa shape index (κ3) is 4.26. The molecule has 0 spiro atoms. The lowest BCUT2D eigenvalue weighted by Gasteiger charge is -2.14. The van der Waals surface area contributed by atoms with Gasteiger partial charge in [-0.2, -0.15) is 10.5 Å². The summed E-state index contributed by atoms with van der Waals surface area (Å²) in [7, 11) is 0. The molecule has 12 aromatic rings. The van der Waals surface area contributed by atoms with E-state index >= 15 is 0 Å². The quantitative estimate of drug-likeness (QED) is 0.181. The maximum atomic E-state index is 10.7. The van der Waals surface area contributed by atoms with Crippen LogP contribution in [0.4, 0.5) is 0 Å². The van der Waals surface area contributed by atoms with E-state index in [1.54, 1.807) is 0 Å². The monoisotopic (exact) mass is 746 g/mol. The zero-order valence-corrected chi connectivity index (χ0v) is 31.2. The molecule has 12 rings (SSSR count). The first kappa shape index (κ1) is 31.2. The molecule has 258 valence electrons. The highest BCUT2D eigenvalue weighted by Crippen LogP contribution is 2.45. The van der Waals surface area contributed by atoms with Crippen LogP contribution in [0.15, 0.2) is 158 Å². The van der Waals surface area contributed by atoms with Crippen molar-refractivity contribution in [3.63, 3.8) is 0 Å². The van der Waals surface area contributed by atoms with Gasteiger partial charge in [0, 0.05) is 61.9 Å². The lowest BCUT2D eigenvalue weighted by Crippen LogP contribution is -1.99. The Morgan fingerprint density at radius 3 is 1.61 bits per heavy atom. The third-order valence-corrected chi connectivity index (χ3v) is 13.7. The molecule has 6 heteroatoms. The summed E-state index contributed by atoms with van der Waals surface area (Å²) in [5, 5.41) is 31.0. The second kappa shape index (κ2) is 11.6. The summed E-state index contributed by atoms with van der Waals surface area (Å²) >= 11 is 3.64. The summed E-state index contributed by atoms with van der Waals surface area (Å²) in [6.45, 7) is 0. The largest absolute Gasteiger partial charge is 0.308 e. The number of hydrogen-bond acceptors (Lipinski definition) is 4. The summed E-state index contributed by atoms with van der Waals surface area (Å²) < 4.78 is 9.51. The molecule has 0 N–H and O–H groups in total. The van der Waals surface area contributed by atoms with Gasteiger partial charge in [0.05, 0.1) is 44.6 Å². The molecule has 0 bridgehead atoms. The summed E-state index contributed by atoms with van der Waals surface area (Å²) in [6.07, 6.45) is 0. The van der Waals surface area contributed by atoms with Crippen molar-refractivity contribution in [3.05, 3.63) is 169 Å². The van der Waals surface area contributed by atoms with Crippen LogP contribution in [0, 0.1) is 22.7 Å². The van der Waals surface area contributed by atoms with Gasteiger partial charge in [0.1, 0.15) is 12.1 Å². The number of benzene rings is 8. The summed E-state index contributed by atoms with van der Waals surface area (Å²) in [5.41, 5.74) is 8.83. The van der Waals surface area contributed by atoms with Crippen molar-refractivity contribution in [1.82, 2.24) is 9.13 Å². The van der Waals surface area contributed by atoms with E-state index in [4.69, 9.17) is 0 Å². The van der Waals surface area contributed by atoms with Crippen molar-refractivity contribution in [2.45, 2.75) is 0 Å². The van der Waals surface area contributed by atoms with E-state index in [1.807, 2.05) is 34.8 Å². The summed E-state index contributed by atoms with van der Waals surface area (Å²) in [4.78, 5) is 0. The Bertz CT molecular complexity index is 3750. The molecule has 0 saturated carbocycles. The van der Waals surface area contributed by atoms with Gasteiger partial charge in [-0.1, -0.05) is 91.0 Å². The van der Waals surface area contributed by atoms with Gasteiger partial charge in [0.2, 0.25) is 0 Å². The van der Waals surface area contributed by atoms with Gasteiger partial charge in [0.25, 0.3) is 0 Å². The molecular weight excluding hydrogens is 721 g/mol. The molecule has 0 radical (unpaired) electrons. The van der Waals surface area contributed by atoms with E-state index < -0.39 is 0 Å². The summed E-state index contributed by atoms with van der Waals surface area (Å²) in [5.74, 6) is 0. The van der Waals surface area contributed by atoms with E-state index in [9.17, 15) is 10.5 Å². The fourth-order valence-corrected chi connectivity index (χ4v) is 11.3. The van der Waals surface area contributed by atoms with Gasteiger partial charge in [-0.15, -0.1) is 22.7 Å². The maximum Gasteiger partial charge on any atom is 0.101 e. The average molecular weight is 747 g/mol. The maximum absolute atomic E-state index is 10.7. The van der Waals surface area contributed by atoms with Crippen molar-refractivity contribution < 1.29 is 0 Å². The summed E-state index contributed by atoms with van der Waals surface area (Å²) in [6, 6.07) is 60.3. The Morgan fingerprint density at radius 2 is 0.929 bits per heavy atom. The molecule has 0 fully saturated rings. The van der Waals surface area contributed by atoms with Gasteiger partial charge >= 0.3 is 0 Å². The minimum absolute atomic E-state index is 0.567. The SMILES string of the molecule is N#Cc1cc(-c2ccc(-n3c4ccccc4c4c5sc6ccccc6c5ccc43)c(C#N)c2)ccc1-n1c2ccccc2c2cc3sc4ccccc4c3cc21. The molecule has 0 aliphatic carbocycles. The Balaban J connectivity index is 1.02. The van der Waals surface area contributed by atoms with Crippen molar-refractivity contribution in [1.29, 1.82) is 10.5 Å².